The highest BCUT2D eigenvalue weighted by atomic mass is 35.5. The zero-order valence-corrected chi connectivity index (χ0v) is 20.4. The fraction of sp³-hybridized carbons (Fsp3) is 0.0769. The first kappa shape index (κ1) is 23.8. The van der Waals surface area contributed by atoms with Crippen LogP contribution in [0.5, 0.6) is 0 Å². The molecule has 0 aliphatic heterocycles. The highest BCUT2D eigenvalue weighted by Crippen LogP contribution is 2.35. The van der Waals surface area contributed by atoms with Crippen molar-refractivity contribution in [3.8, 4) is 11.1 Å². The van der Waals surface area contributed by atoms with Gasteiger partial charge in [0.15, 0.2) is 0 Å². The van der Waals surface area contributed by atoms with Crippen LogP contribution in [0.2, 0.25) is 5.02 Å². The Morgan fingerprint density at radius 2 is 1.69 bits per heavy atom. The number of hydrogen-bond donors (Lipinski definition) is 2. The largest absolute Gasteiger partial charge is 0.464 e. The predicted molar refractivity (Wildman–Crippen MR) is 138 cm³/mol. The van der Waals surface area contributed by atoms with Crippen molar-refractivity contribution in [2.24, 2.45) is 5.14 Å². The Morgan fingerprint density at radius 1 is 1.00 bits per heavy atom. The molecule has 0 unspecified atom stereocenters. The summed E-state index contributed by atoms with van der Waals surface area (Å²) in [5, 5.41) is 9.87. The number of anilines is 1. The molecule has 36 heavy (non-hydrogen) atoms. The summed E-state index contributed by atoms with van der Waals surface area (Å²) in [6.07, 6.45) is 1.41. The average Bonchev–Trinajstić information content (AvgIpc) is 3.24. The highest BCUT2D eigenvalue weighted by molar-refractivity contribution is 7.89. The molecule has 10 heteroatoms. The van der Waals surface area contributed by atoms with E-state index in [1.807, 2.05) is 18.2 Å². The van der Waals surface area contributed by atoms with E-state index < -0.39 is 21.6 Å². The first-order chi connectivity index (χ1) is 17.1. The van der Waals surface area contributed by atoms with Gasteiger partial charge in [0.2, 0.25) is 15.9 Å². The van der Waals surface area contributed by atoms with Gasteiger partial charge in [0.05, 0.1) is 23.1 Å². The lowest BCUT2D eigenvalue weighted by Crippen LogP contribution is -2.20. The Balaban J connectivity index is 1.48. The lowest BCUT2D eigenvalue weighted by Gasteiger charge is -2.09. The second-order valence-corrected chi connectivity index (χ2v) is 10.3. The number of carbonyl (C=O) groups excluding carboxylic acids is 1. The number of primary sulfonamides is 1. The smallest absolute Gasteiger partial charge is 0.340 e. The SMILES string of the molecule is Cc1c(CC(=O)Nc2ccc(S(N)(=O)=O)cc2)c(=O)oc2cc3occ(-c4ccc(Cl)cc4)c3cc12. The maximum atomic E-state index is 12.7. The zero-order valence-electron chi connectivity index (χ0n) is 18.9. The number of rotatable bonds is 5. The standard InChI is InChI=1S/C26H19ClN2O6S/c1-14-19-10-21-22(15-2-4-16(27)5-3-15)13-34-23(21)12-24(19)35-26(31)20(14)11-25(30)29-17-6-8-18(9-7-17)36(28,32)33/h2-10,12-13H,11H2,1H3,(H,29,30)(H2,28,32,33). The molecule has 0 bridgehead atoms. The maximum absolute atomic E-state index is 12.7. The quantitative estimate of drug-likeness (QED) is 0.312. The van der Waals surface area contributed by atoms with Crippen LogP contribution >= 0.6 is 11.6 Å². The Labute approximate surface area is 210 Å². The van der Waals surface area contributed by atoms with Gasteiger partial charge >= 0.3 is 5.63 Å². The number of amides is 1. The van der Waals surface area contributed by atoms with Gasteiger partial charge < -0.3 is 14.2 Å². The molecule has 1 amide bonds. The molecule has 0 aliphatic rings. The van der Waals surface area contributed by atoms with Crippen LogP contribution in [0.3, 0.4) is 0 Å². The Bertz CT molecular complexity index is 1800. The van der Waals surface area contributed by atoms with Gasteiger partial charge in [-0.15, -0.1) is 0 Å². The molecule has 0 atom stereocenters. The number of aryl methyl sites for hydroxylation is 1. The minimum absolute atomic E-state index is 0.0740. The fourth-order valence-corrected chi connectivity index (χ4v) is 4.70. The Morgan fingerprint density at radius 3 is 2.36 bits per heavy atom. The summed E-state index contributed by atoms with van der Waals surface area (Å²) in [4.78, 5) is 25.3. The molecule has 0 spiro atoms. The summed E-state index contributed by atoms with van der Waals surface area (Å²) in [7, 11) is -3.84. The number of nitrogens with one attached hydrogen (secondary N) is 1. The Kier molecular flexibility index (Phi) is 5.91. The molecular weight excluding hydrogens is 504 g/mol. The fourth-order valence-electron chi connectivity index (χ4n) is 4.06. The van der Waals surface area contributed by atoms with Crippen LogP contribution in [0.4, 0.5) is 5.69 Å². The maximum Gasteiger partial charge on any atom is 0.340 e. The van der Waals surface area contributed by atoms with E-state index in [0.717, 1.165) is 16.5 Å². The van der Waals surface area contributed by atoms with Crippen molar-refractivity contribution in [1.29, 1.82) is 0 Å². The summed E-state index contributed by atoms with van der Waals surface area (Å²) in [6.45, 7) is 1.76. The van der Waals surface area contributed by atoms with E-state index in [-0.39, 0.29) is 16.9 Å². The van der Waals surface area contributed by atoms with E-state index in [4.69, 9.17) is 25.6 Å². The molecule has 0 aliphatic carbocycles. The van der Waals surface area contributed by atoms with E-state index >= 15 is 0 Å². The van der Waals surface area contributed by atoms with E-state index in [1.54, 1.807) is 31.4 Å². The third-order valence-corrected chi connectivity index (χ3v) is 7.12. The summed E-state index contributed by atoms with van der Waals surface area (Å²) in [5.74, 6) is -0.459. The van der Waals surface area contributed by atoms with Crippen molar-refractivity contribution in [1.82, 2.24) is 0 Å². The van der Waals surface area contributed by atoms with Crippen LogP contribution in [-0.4, -0.2) is 14.3 Å². The second-order valence-electron chi connectivity index (χ2n) is 8.29. The first-order valence-electron chi connectivity index (χ1n) is 10.8. The lowest BCUT2D eigenvalue weighted by molar-refractivity contribution is -0.115. The van der Waals surface area contributed by atoms with Crippen molar-refractivity contribution >= 4 is 55.2 Å². The van der Waals surface area contributed by atoms with Gasteiger partial charge in [0.25, 0.3) is 0 Å². The number of sulfonamides is 1. The molecule has 0 saturated carbocycles. The summed E-state index contributed by atoms with van der Waals surface area (Å²) >= 11 is 6.01. The summed E-state index contributed by atoms with van der Waals surface area (Å²) in [5.41, 5.74) is 3.26. The molecule has 2 heterocycles. The molecule has 8 nitrogen and oxygen atoms in total. The van der Waals surface area contributed by atoms with Crippen molar-refractivity contribution in [3.63, 3.8) is 0 Å². The monoisotopic (exact) mass is 522 g/mol. The molecule has 5 aromatic rings. The van der Waals surface area contributed by atoms with Gasteiger partial charge in [-0.2, -0.15) is 0 Å². The van der Waals surface area contributed by atoms with Crippen LogP contribution in [0, 0.1) is 6.92 Å². The van der Waals surface area contributed by atoms with Gasteiger partial charge in [-0.05, 0) is 60.5 Å². The van der Waals surface area contributed by atoms with E-state index in [2.05, 4.69) is 5.32 Å². The summed E-state index contributed by atoms with van der Waals surface area (Å²) < 4.78 is 34.0. The normalized spacial score (nSPS) is 11.8. The van der Waals surface area contributed by atoms with E-state index in [1.165, 1.54) is 24.3 Å². The minimum Gasteiger partial charge on any atom is -0.464 e. The molecule has 0 radical (unpaired) electrons. The van der Waals surface area contributed by atoms with E-state index in [9.17, 15) is 18.0 Å². The lowest BCUT2D eigenvalue weighted by atomic mass is 9.99. The van der Waals surface area contributed by atoms with Gasteiger partial charge in [0, 0.05) is 33.1 Å². The molecule has 3 aromatic carbocycles. The van der Waals surface area contributed by atoms with Crippen LogP contribution < -0.4 is 16.1 Å². The van der Waals surface area contributed by atoms with Gasteiger partial charge in [-0.25, -0.2) is 18.4 Å². The average molecular weight is 523 g/mol. The zero-order chi connectivity index (χ0) is 25.6. The number of fused-ring (bicyclic) bond motifs is 2. The number of carbonyl (C=O) groups is 1. The van der Waals surface area contributed by atoms with Crippen molar-refractivity contribution in [3.05, 3.63) is 93.5 Å². The van der Waals surface area contributed by atoms with Crippen LogP contribution in [-0.2, 0) is 21.2 Å². The third-order valence-electron chi connectivity index (χ3n) is 5.94. The topological polar surface area (TPSA) is 133 Å². The van der Waals surface area contributed by atoms with Gasteiger partial charge in [-0.1, -0.05) is 23.7 Å². The molecule has 2 aromatic heterocycles. The molecular formula is C26H19ClN2O6S. The van der Waals surface area contributed by atoms with Crippen LogP contribution in [0.15, 0.2) is 85.5 Å². The Hall–Kier alpha value is -3.92. The highest BCUT2D eigenvalue weighted by Gasteiger charge is 2.18. The van der Waals surface area contributed by atoms with Crippen LogP contribution in [0.25, 0.3) is 33.1 Å². The number of nitrogens with two attached hydrogens (primary N) is 1. The molecule has 5 rings (SSSR count). The third kappa shape index (κ3) is 4.51. The van der Waals surface area contributed by atoms with E-state index in [0.29, 0.717) is 32.8 Å². The van der Waals surface area contributed by atoms with Crippen molar-refractivity contribution in [2.45, 2.75) is 18.2 Å². The molecule has 3 N–H and O–H groups in total. The molecule has 0 saturated heterocycles. The first-order valence-corrected chi connectivity index (χ1v) is 12.7. The number of halogens is 1. The van der Waals surface area contributed by atoms with Crippen molar-refractivity contribution < 1.29 is 22.0 Å². The number of furan rings is 1. The van der Waals surface area contributed by atoms with Crippen molar-refractivity contribution in [2.75, 3.05) is 5.32 Å². The molecule has 0 fully saturated rings. The van der Waals surface area contributed by atoms with Crippen LogP contribution in [0.1, 0.15) is 11.1 Å². The molecule has 182 valence electrons. The summed E-state index contributed by atoms with van der Waals surface area (Å²) in [6, 6.07) is 16.3. The number of benzene rings is 3. The van der Waals surface area contributed by atoms with Gasteiger partial charge in [0.1, 0.15) is 11.2 Å². The second kappa shape index (κ2) is 8.94. The minimum atomic E-state index is -3.84. The van der Waals surface area contributed by atoms with Gasteiger partial charge in [-0.3, -0.25) is 4.79 Å². The number of hydrogen-bond acceptors (Lipinski definition) is 6. The predicted octanol–water partition coefficient (Wildman–Crippen LogP) is 5.00.